The molecule has 23 heavy (non-hydrogen) atoms. The van der Waals surface area contributed by atoms with Crippen LogP contribution in [0, 0.1) is 0 Å². The van der Waals surface area contributed by atoms with Gasteiger partial charge in [-0.15, -0.1) is 0 Å². The van der Waals surface area contributed by atoms with Crippen molar-refractivity contribution >= 4 is 23.3 Å². The normalized spacial score (nSPS) is 10.3. The van der Waals surface area contributed by atoms with Crippen molar-refractivity contribution in [1.82, 2.24) is 14.8 Å². The Labute approximate surface area is 137 Å². The van der Waals surface area contributed by atoms with E-state index in [0.717, 1.165) is 0 Å². The second kappa shape index (κ2) is 6.50. The molecule has 3 aromatic rings. The van der Waals surface area contributed by atoms with E-state index in [0.29, 0.717) is 22.3 Å². The maximum atomic E-state index is 12.1. The van der Waals surface area contributed by atoms with E-state index in [1.54, 1.807) is 60.4 Å². The zero-order valence-electron chi connectivity index (χ0n) is 12.2. The van der Waals surface area contributed by atoms with Crippen molar-refractivity contribution in [2.24, 2.45) is 7.05 Å². The second-order valence-electron chi connectivity index (χ2n) is 4.77. The molecule has 1 N–H and O–H groups in total. The molecular formula is C16H13ClN4O2. The average Bonchev–Trinajstić information content (AvgIpc) is 2.93. The van der Waals surface area contributed by atoms with Crippen molar-refractivity contribution in [2.75, 3.05) is 5.32 Å². The minimum absolute atomic E-state index is 0.272. The summed E-state index contributed by atoms with van der Waals surface area (Å²) in [6.45, 7) is 0. The van der Waals surface area contributed by atoms with E-state index < -0.39 is 0 Å². The van der Waals surface area contributed by atoms with Gasteiger partial charge in [-0.25, -0.2) is 4.98 Å². The highest BCUT2D eigenvalue weighted by atomic mass is 35.5. The number of carbonyl (C=O) groups is 1. The largest absolute Gasteiger partial charge is 0.456 e. The van der Waals surface area contributed by atoms with Crippen LogP contribution >= 0.6 is 11.6 Å². The summed E-state index contributed by atoms with van der Waals surface area (Å²) in [4.78, 5) is 16.2. The molecule has 2 aromatic heterocycles. The van der Waals surface area contributed by atoms with Gasteiger partial charge < -0.3 is 10.1 Å². The number of anilines is 1. The molecule has 0 saturated carbocycles. The van der Waals surface area contributed by atoms with Gasteiger partial charge in [-0.2, -0.15) is 5.10 Å². The quantitative estimate of drug-likeness (QED) is 0.795. The Morgan fingerprint density at radius 1 is 1.22 bits per heavy atom. The zero-order valence-corrected chi connectivity index (χ0v) is 13.0. The Hall–Kier alpha value is -2.86. The van der Waals surface area contributed by atoms with E-state index in [2.05, 4.69) is 15.4 Å². The topological polar surface area (TPSA) is 69.0 Å². The number of carbonyl (C=O) groups excluding carboxylic acids is 1. The van der Waals surface area contributed by atoms with Gasteiger partial charge in [0, 0.05) is 24.3 Å². The van der Waals surface area contributed by atoms with Crippen molar-refractivity contribution in [1.29, 1.82) is 0 Å². The summed E-state index contributed by atoms with van der Waals surface area (Å²) in [6.07, 6.45) is 3.22. The van der Waals surface area contributed by atoms with Gasteiger partial charge in [0.25, 0.3) is 5.91 Å². The summed E-state index contributed by atoms with van der Waals surface area (Å²) in [6, 6.07) is 12.0. The molecule has 0 atom stereocenters. The SMILES string of the molecule is Cn1ccc(NC(=O)c2ccc(Oc3cccc(Cl)c3)cn2)n1. The Kier molecular flexibility index (Phi) is 4.25. The Balaban J connectivity index is 1.68. The van der Waals surface area contributed by atoms with Gasteiger partial charge in [-0.05, 0) is 30.3 Å². The summed E-state index contributed by atoms with van der Waals surface area (Å²) >= 11 is 5.90. The van der Waals surface area contributed by atoms with Crippen molar-refractivity contribution in [2.45, 2.75) is 0 Å². The number of pyridine rings is 1. The van der Waals surface area contributed by atoms with Crippen LogP contribution in [0.25, 0.3) is 0 Å². The van der Waals surface area contributed by atoms with Crippen LogP contribution in [0.2, 0.25) is 5.02 Å². The fourth-order valence-electron chi connectivity index (χ4n) is 1.90. The Morgan fingerprint density at radius 2 is 2.09 bits per heavy atom. The number of aryl methyl sites for hydroxylation is 1. The lowest BCUT2D eigenvalue weighted by Crippen LogP contribution is -2.14. The number of halogens is 1. The van der Waals surface area contributed by atoms with E-state index in [4.69, 9.17) is 16.3 Å². The smallest absolute Gasteiger partial charge is 0.275 e. The number of aromatic nitrogens is 3. The van der Waals surface area contributed by atoms with Crippen LogP contribution in [0.4, 0.5) is 5.82 Å². The van der Waals surface area contributed by atoms with Crippen LogP contribution in [0.5, 0.6) is 11.5 Å². The monoisotopic (exact) mass is 328 g/mol. The van der Waals surface area contributed by atoms with Gasteiger partial charge in [-0.1, -0.05) is 17.7 Å². The Morgan fingerprint density at radius 3 is 2.74 bits per heavy atom. The molecule has 6 nitrogen and oxygen atoms in total. The van der Waals surface area contributed by atoms with Crippen LogP contribution in [0.15, 0.2) is 54.9 Å². The van der Waals surface area contributed by atoms with E-state index in [1.165, 1.54) is 6.20 Å². The maximum absolute atomic E-state index is 12.1. The molecule has 0 aliphatic heterocycles. The van der Waals surface area contributed by atoms with Crippen LogP contribution < -0.4 is 10.1 Å². The fourth-order valence-corrected chi connectivity index (χ4v) is 2.08. The van der Waals surface area contributed by atoms with Gasteiger partial charge >= 0.3 is 0 Å². The lowest BCUT2D eigenvalue weighted by molar-refractivity contribution is 0.102. The molecule has 0 fully saturated rings. The molecule has 3 rings (SSSR count). The Bertz CT molecular complexity index is 830. The number of amides is 1. The fraction of sp³-hybridized carbons (Fsp3) is 0.0625. The molecule has 1 aromatic carbocycles. The van der Waals surface area contributed by atoms with Gasteiger partial charge in [-0.3, -0.25) is 9.48 Å². The van der Waals surface area contributed by atoms with Crippen molar-refractivity contribution in [3.8, 4) is 11.5 Å². The molecule has 1 amide bonds. The number of benzene rings is 1. The lowest BCUT2D eigenvalue weighted by Gasteiger charge is -2.06. The molecule has 2 heterocycles. The van der Waals surface area contributed by atoms with Gasteiger partial charge in [0.1, 0.15) is 17.2 Å². The number of nitrogens with zero attached hydrogens (tertiary/aromatic N) is 3. The predicted octanol–water partition coefficient (Wildman–Crippen LogP) is 3.51. The molecule has 0 radical (unpaired) electrons. The molecule has 0 aliphatic carbocycles. The zero-order chi connectivity index (χ0) is 16.2. The van der Waals surface area contributed by atoms with Crippen molar-refractivity contribution < 1.29 is 9.53 Å². The highest BCUT2D eigenvalue weighted by molar-refractivity contribution is 6.30. The third-order valence-corrected chi connectivity index (χ3v) is 3.19. The molecule has 0 bridgehead atoms. The first-order valence-corrected chi connectivity index (χ1v) is 7.18. The van der Waals surface area contributed by atoms with E-state index in [9.17, 15) is 4.79 Å². The summed E-state index contributed by atoms with van der Waals surface area (Å²) in [5, 5.41) is 7.33. The first-order valence-electron chi connectivity index (χ1n) is 6.80. The minimum Gasteiger partial charge on any atom is -0.456 e. The average molecular weight is 329 g/mol. The highest BCUT2D eigenvalue weighted by Gasteiger charge is 2.09. The third-order valence-electron chi connectivity index (χ3n) is 2.96. The second-order valence-corrected chi connectivity index (χ2v) is 5.20. The molecule has 0 unspecified atom stereocenters. The van der Waals surface area contributed by atoms with Gasteiger partial charge in [0.15, 0.2) is 5.82 Å². The molecule has 0 spiro atoms. The van der Waals surface area contributed by atoms with E-state index in [1.807, 2.05) is 0 Å². The van der Waals surface area contributed by atoms with Crippen LogP contribution in [-0.4, -0.2) is 20.7 Å². The number of hydrogen-bond acceptors (Lipinski definition) is 4. The van der Waals surface area contributed by atoms with E-state index in [-0.39, 0.29) is 11.6 Å². The van der Waals surface area contributed by atoms with Crippen LogP contribution in [0.1, 0.15) is 10.5 Å². The predicted molar refractivity (Wildman–Crippen MR) is 86.9 cm³/mol. The number of hydrogen-bond donors (Lipinski definition) is 1. The van der Waals surface area contributed by atoms with Gasteiger partial charge in [0.05, 0.1) is 6.20 Å². The number of rotatable bonds is 4. The van der Waals surface area contributed by atoms with Crippen LogP contribution in [-0.2, 0) is 7.05 Å². The van der Waals surface area contributed by atoms with Crippen molar-refractivity contribution in [3.05, 3.63) is 65.6 Å². The number of ether oxygens (including phenoxy) is 1. The highest BCUT2D eigenvalue weighted by Crippen LogP contribution is 2.23. The lowest BCUT2D eigenvalue weighted by atomic mass is 10.3. The van der Waals surface area contributed by atoms with E-state index >= 15 is 0 Å². The summed E-state index contributed by atoms with van der Waals surface area (Å²) in [7, 11) is 1.77. The first-order chi connectivity index (χ1) is 11.1. The van der Waals surface area contributed by atoms with Crippen molar-refractivity contribution in [3.63, 3.8) is 0 Å². The molecule has 116 valence electrons. The minimum atomic E-state index is -0.335. The standard InChI is InChI=1S/C16H13ClN4O2/c1-21-8-7-15(20-21)19-16(22)14-6-5-13(10-18-14)23-12-4-2-3-11(17)9-12/h2-10H,1H3,(H,19,20,22). The third kappa shape index (κ3) is 3.87. The summed E-state index contributed by atoms with van der Waals surface area (Å²) in [5.74, 6) is 1.25. The molecule has 0 aliphatic rings. The summed E-state index contributed by atoms with van der Waals surface area (Å²) < 4.78 is 7.22. The molecule has 7 heteroatoms. The molecule has 0 saturated heterocycles. The summed E-state index contributed by atoms with van der Waals surface area (Å²) in [5.41, 5.74) is 0.272. The maximum Gasteiger partial charge on any atom is 0.275 e. The molecular weight excluding hydrogens is 316 g/mol. The number of nitrogens with one attached hydrogen (secondary N) is 1. The first kappa shape index (κ1) is 15.1. The van der Waals surface area contributed by atoms with Crippen LogP contribution in [0.3, 0.4) is 0 Å². The van der Waals surface area contributed by atoms with Gasteiger partial charge in [0.2, 0.25) is 0 Å².